The van der Waals surface area contributed by atoms with E-state index < -0.39 is 0 Å². The van der Waals surface area contributed by atoms with Gasteiger partial charge < -0.3 is 10.6 Å². The lowest BCUT2D eigenvalue weighted by Crippen LogP contribution is -2.10. The predicted octanol–water partition coefficient (Wildman–Crippen LogP) is 2.33. The third-order valence-corrected chi connectivity index (χ3v) is 3.30. The quantitative estimate of drug-likeness (QED) is 0.901. The van der Waals surface area contributed by atoms with Crippen LogP contribution in [0.4, 0.5) is 0 Å². The summed E-state index contributed by atoms with van der Waals surface area (Å²) in [4.78, 5) is 6.76. The van der Waals surface area contributed by atoms with Gasteiger partial charge in [0, 0.05) is 24.0 Å². The minimum absolute atomic E-state index is 0.572. The number of hydrogen-bond acceptors (Lipinski definition) is 4. The van der Waals surface area contributed by atoms with Gasteiger partial charge >= 0.3 is 0 Å². The van der Waals surface area contributed by atoms with Crippen LogP contribution in [0.15, 0.2) is 29.6 Å². The molecule has 0 amide bonds. The first-order chi connectivity index (χ1) is 8.19. The molecule has 1 aromatic heterocycles. The highest BCUT2D eigenvalue weighted by Gasteiger charge is 2.05. The third kappa shape index (κ3) is 3.12. The number of hydrogen-bond donors (Lipinski definition) is 1. The van der Waals surface area contributed by atoms with Crippen molar-refractivity contribution in [3.8, 4) is 11.3 Å². The molecule has 0 aliphatic rings. The van der Waals surface area contributed by atoms with Crippen LogP contribution in [-0.4, -0.2) is 24.0 Å². The van der Waals surface area contributed by atoms with E-state index in [1.54, 1.807) is 11.3 Å². The van der Waals surface area contributed by atoms with Crippen molar-refractivity contribution in [3.05, 3.63) is 40.2 Å². The largest absolute Gasteiger partial charge is 0.326 e. The zero-order valence-electron chi connectivity index (χ0n) is 10.2. The minimum Gasteiger partial charge on any atom is -0.326 e. The second-order valence-corrected chi connectivity index (χ2v) is 5.21. The highest BCUT2D eigenvalue weighted by Crippen LogP contribution is 2.23. The van der Waals surface area contributed by atoms with Gasteiger partial charge in [0.05, 0.1) is 5.69 Å². The molecule has 1 aromatic carbocycles. The number of benzene rings is 1. The maximum absolute atomic E-state index is 5.64. The Morgan fingerprint density at radius 2 is 2.18 bits per heavy atom. The van der Waals surface area contributed by atoms with Gasteiger partial charge in [-0.1, -0.05) is 18.2 Å². The molecular weight excluding hydrogens is 230 g/mol. The lowest BCUT2D eigenvalue weighted by molar-refractivity contribution is 0.402. The molecule has 2 aromatic rings. The Morgan fingerprint density at radius 1 is 1.35 bits per heavy atom. The minimum atomic E-state index is 0.572. The highest BCUT2D eigenvalue weighted by molar-refractivity contribution is 7.09. The molecule has 0 radical (unpaired) electrons. The number of nitrogens with zero attached hydrogens (tertiary/aromatic N) is 2. The van der Waals surface area contributed by atoms with Crippen molar-refractivity contribution in [2.75, 3.05) is 14.1 Å². The van der Waals surface area contributed by atoms with E-state index in [-0.39, 0.29) is 0 Å². The monoisotopic (exact) mass is 247 g/mol. The summed E-state index contributed by atoms with van der Waals surface area (Å²) in [6.45, 7) is 1.46. The maximum Gasteiger partial charge on any atom is 0.107 e. The van der Waals surface area contributed by atoms with E-state index in [4.69, 9.17) is 5.73 Å². The van der Waals surface area contributed by atoms with Crippen LogP contribution in [-0.2, 0) is 13.1 Å². The van der Waals surface area contributed by atoms with Gasteiger partial charge in [-0.15, -0.1) is 11.3 Å². The molecule has 3 nitrogen and oxygen atoms in total. The Labute approximate surface area is 106 Å². The highest BCUT2D eigenvalue weighted by atomic mass is 32.1. The van der Waals surface area contributed by atoms with Crippen LogP contribution in [0.3, 0.4) is 0 Å². The molecule has 0 unspecified atom stereocenters. The molecule has 0 saturated heterocycles. The molecule has 0 saturated carbocycles. The van der Waals surface area contributed by atoms with Crippen LogP contribution in [0.1, 0.15) is 10.6 Å². The van der Waals surface area contributed by atoms with Gasteiger partial charge in [0.2, 0.25) is 0 Å². The van der Waals surface area contributed by atoms with Gasteiger partial charge in [-0.05, 0) is 25.7 Å². The van der Waals surface area contributed by atoms with Crippen molar-refractivity contribution in [1.82, 2.24) is 9.88 Å². The van der Waals surface area contributed by atoms with Crippen molar-refractivity contribution in [1.29, 1.82) is 0 Å². The van der Waals surface area contributed by atoms with Crippen molar-refractivity contribution in [2.45, 2.75) is 13.1 Å². The van der Waals surface area contributed by atoms with E-state index in [1.807, 2.05) is 12.1 Å². The van der Waals surface area contributed by atoms with Gasteiger partial charge in [-0.2, -0.15) is 0 Å². The summed E-state index contributed by atoms with van der Waals surface area (Å²) >= 11 is 1.70. The second-order valence-electron chi connectivity index (χ2n) is 4.27. The molecule has 2 rings (SSSR count). The van der Waals surface area contributed by atoms with Crippen LogP contribution in [0.2, 0.25) is 0 Å². The Kier molecular flexibility index (Phi) is 3.89. The molecule has 0 aliphatic carbocycles. The summed E-state index contributed by atoms with van der Waals surface area (Å²) in [5.74, 6) is 0. The standard InChI is InChI=1S/C13H17N3S/c1-16(2)8-13-15-12(9-17-13)11-5-3-4-10(6-11)7-14/h3-6,9H,7-8,14H2,1-2H3. The number of aromatic nitrogens is 1. The van der Waals surface area contributed by atoms with Crippen molar-refractivity contribution in [3.63, 3.8) is 0 Å². The molecule has 17 heavy (non-hydrogen) atoms. The Hall–Kier alpha value is -1.23. The average Bonchev–Trinajstić information content (AvgIpc) is 2.77. The lowest BCUT2D eigenvalue weighted by atomic mass is 10.1. The van der Waals surface area contributed by atoms with E-state index in [9.17, 15) is 0 Å². The fraction of sp³-hybridized carbons (Fsp3) is 0.308. The summed E-state index contributed by atoms with van der Waals surface area (Å²) in [5, 5.41) is 3.25. The molecule has 90 valence electrons. The lowest BCUT2D eigenvalue weighted by Gasteiger charge is -2.05. The first-order valence-corrected chi connectivity index (χ1v) is 6.45. The van der Waals surface area contributed by atoms with E-state index in [0.29, 0.717) is 6.54 Å². The molecule has 0 atom stereocenters. The third-order valence-electron chi connectivity index (χ3n) is 2.46. The van der Waals surface area contributed by atoms with E-state index >= 15 is 0 Å². The number of thiazole rings is 1. The van der Waals surface area contributed by atoms with Gasteiger partial charge in [-0.3, -0.25) is 0 Å². The van der Waals surface area contributed by atoms with Gasteiger partial charge in [-0.25, -0.2) is 4.98 Å². The van der Waals surface area contributed by atoms with Crippen molar-refractivity contribution in [2.24, 2.45) is 5.73 Å². The normalized spacial score (nSPS) is 11.1. The summed E-state index contributed by atoms with van der Waals surface area (Å²) < 4.78 is 0. The van der Waals surface area contributed by atoms with Crippen LogP contribution in [0.5, 0.6) is 0 Å². The molecule has 0 fully saturated rings. The predicted molar refractivity (Wildman–Crippen MR) is 72.8 cm³/mol. The second kappa shape index (κ2) is 5.40. The van der Waals surface area contributed by atoms with E-state index in [0.717, 1.165) is 28.4 Å². The molecular formula is C13H17N3S. The fourth-order valence-corrected chi connectivity index (χ4v) is 2.56. The smallest absolute Gasteiger partial charge is 0.107 e. The summed E-state index contributed by atoms with van der Waals surface area (Å²) in [7, 11) is 4.10. The molecule has 0 spiro atoms. The zero-order chi connectivity index (χ0) is 12.3. The van der Waals surface area contributed by atoms with E-state index in [1.165, 1.54) is 0 Å². The first kappa shape index (κ1) is 12.2. The van der Waals surface area contributed by atoms with Crippen LogP contribution < -0.4 is 5.73 Å². The topological polar surface area (TPSA) is 42.2 Å². The molecule has 2 N–H and O–H groups in total. The summed E-state index contributed by atoms with van der Waals surface area (Å²) in [5.41, 5.74) is 8.98. The summed E-state index contributed by atoms with van der Waals surface area (Å²) in [6, 6.07) is 8.25. The summed E-state index contributed by atoms with van der Waals surface area (Å²) in [6.07, 6.45) is 0. The van der Waals surface area contributed by atoms with E-state index in [2.05, 4.69) is 41.5 Å². The Morgan fingerprint density at radius 3 is 2.88 bits per heavy atom. The average molecular weight is 247 g/mol. The van der Waals surface area contributed by atoms with Crippen LogP contribution >= 0.6 is 11.3 Å². The number of nitrogens with two attached hydrogens (primary N) is 1. The maximum atomic E-state index is 5.64. The zero-order valence-corrected chi connectivity index (χ0v) is 11.0. The van der Waals surface area contributed by atoms with Gasteiger partial charge in [0.1, 0.15) is 5.01 Å². The van der Waals surface area contributed by atoms with Crippen LogP contribution in [0.25, 0.3) is 11.3 Å². The van der Waals surface area contributed by atoms with Crippen molar-refractivity contribution < 1.29 is 0 Å². The molecule has 1 heterocycles. The fourth-order valence-electron chi connectivity index (χ4n) is 1.64. The molecule has 0 aliphatic heterocycles. The Bertz CT molecular complexity index is 491. The Balaban J connectivity index is 2.24. The van der Waals surface area contributed by atoms with Gasteiger partial charge in [0.25, 0.3) is 0 Å². The molecule has 4 heteroatoms. The number of rotatable bonds is 4. The van der Waals surface area contributed by atoms with Crippen LogP contribution in [0, 0.1) is 0 Å². The molecule has 0 bridgehead atoms. The van der Waals surface area contributed by atoms with Gasteiger partial charge in [0.15, 0.2) is 0 Å². The SMILES string of the molecule is CN(C)Cc1nc(-c2cccc(CN)c2)cs1. The van der Waals surface area contributed by atoms with Crippen molar-refractivity contribution >= 4 is 11.3 Å². The first-order valence-electron chi connectivity index (χ1n) is 5.57.